The second-order valence-corrected chi connectivity index (χ2v) is 10.1. The number of likely N-dealkylation sites (tertiary alicyclic amines) is 1. The second-order valence-electron chi connectivity index (χ2n) is 10.1. The van der Waals surface area contributed by atoms with Crippen LogP contribution in [0, 0.1) is 23.0 Å². The van der Waals surface area contributed by atoms with Gasteiger partial charge in [0.1, 0.15) is 24.3 Å². The number of hydrogen-bond donors (Lipinski definition) is 0. The first kappa shape index (κ1) is 23.5. The maximum Gasteiger partial charge on any atom is 0.248 e. The van der Waals surface area contributed by atoms with E-state index in [0.717, 1.165) is 18.2 Å². The van der Waals surface area contributed by atoms with E-state index in [1.807, 2.05) is 11.0 Å². The van der Waals surface area contributed by atoms with Crippen molar-refractivity contribution in [2.24, 2.45) is 0 Å². The number of nitriles is 1. The summed E-state index contributed by atoms with van der Waals surface area (Å²) >= 11 is 0. The molecule has 1 spiro atoms. The van der Waals surface area contributed by atoms with Gasteiger partial charge in [-0.1, -0.05) is 12.1 Å². The third-order valence-corrected chi connectivity index (χ3v) is 7.57. The first-order valence-corrected chi connectivity index (χ1v) is 12.3. The SMILES string of the molecule is N#Cc1cnc2cc(-c3cc(F)c(CN4CCC5(CC4=O)CN(C4CC4)C(=O)CO5)c(F)c3)ccc2c1. The third kappa shape index (κ3) is 4.42. The molecule has 0 bridgehead atoms. The molecule has 1 atom stereocenters. The molecule has 0 N–H and O–H groups in total. The van der Waals surface area contributed by atoms with Gasteiger partial charge in [-0.25, -0.2) is 8.78 Å². The van der Waals surface area contributed by atoms with Crippen molar-refractivity contribution in [2.45, 2.75) is 43.9 Å². The molecule has 6 rings (SSSR count). The quantitative estimate of drug-likeness (QED) is 0.540. The number of rotatable bonds is 4. The van der Waals surface area contributed by atoms with E-state index >= 15 is 8.78 Å². The van der Waals surface area contributed by atoms with Gasteiger partial charge in [-0.05, 0) is 54.7 Å². The zero-order valence-electron chi connectivity index (χ0n) is 20.0. The summed E-state index contributed by atoms with van der Waals surface area (Å²) in [6.45, 7) is 0.492. The molecule has 3 heterocycles. The smallest absolute Gasteiger partial charge is 0.248 e. The van der Waals surface area contributed by atoms with Crippen molar-refractivity contribution >= 4 is 22.7 Å². The number of amides is 2. The molecule has 3 aromatic rings. The maximum absolute atomic E-state index is 15.1. The summed E-state index contributed by atoms with van der Waals surface area (Å²) in [5, 5.41) is 9.80. The van der Waals surface area contributed by atoms with Crippen LogP contribution in [0.4, 0.5) is 8.78 Å². The molecule has 0 radical (unpaired) electrons. The number of benzene rings is 2. The van der Waals surface area contributed by atoms with E-state index < -0.39 is 17.2 Å². The maximum atomic E-state index is 15.1. The number of piperidine rings is 1. The summed E-state index contributed by atoms with van der Waals surface area (Å²) < 4.78 is 36.1. The van der Waals surface area contributed by atoms with Crippen molar-refractivity contribution in [2.75, 3.05) is 19.7 Å². The van der Waals surface area contributed by atoms with Crippen LogP contribution in [0.5, 0.6) is 0 Å². The molecule has 1 aromatic heterocycles. The van der Waals surface area contributed by atoms with Gasteiger partial charge >= 0.3 is 0 Å². The highest BCUT2D eigenvalue weighted by Crippen LogP contribution is 2.37. The first-order chi connectivity index (χ1) is 17.8. The number of ether oxygens (including phenoxy) is 1. The van der Waals surface area contributed by atoms with Crippen LogP contribution in [-0.4, -0.2) is 57.9 Å². The number of morpholine rings is 1. The molecular formula is C28H24F2N4O3. The fraction of sp³-hybridized carbons (Fsp3) is 0.357. The standard InChI is InChI=1S/C28H24F2N4O3/c29-23-8-20(18-1-2-19-7-17(12-31)13-32-25(19)10-18)9-24(30)22(23)14-33-6-5-28(11-26(33)35)16-34(21-3-4-21)27(36)15-37-28/h1-2,7-10,13,21H,3-6,11,14-16H2. The van der Waals surface area contributed by atoms with Crippen LogP contribution < -0.4 is 0 Å². The van der Waals surface area contributed by atoms with Crippen LogP contribution in [0.3, 0.4) is 0 Å². The molecule has 7 nitrogen and oxygen atoms in total. The average molecular weight is 503 g/mol. The highest BCUT2D eigenvalue weighted by Gasteiger charge is 2.48. The van der Waals surface area contributed by atoms with Crippen molar-refractivity contribution in [3.63, 3.8) is 0 Å². The number of halogens is 2. The van der Waals surface area contributed by atoms with Crippen molar-refractivity contribution in [1.82, 2.24) is 14.8 Å². The predicted molar refractivity (Wildman–Crippen MR) is 130 cm³/mol. The fourth-order valence-corrected chi connectivity index (χ4v) is 5.30. The number of pyridine rings is 1. The van der Waals surface area contributed by atoms with Gasteiger partial charge in [-0.15, -0.1) is 0 Å². The Morgan fingerprint density at radius 1 is 1.08 bits per heavy atom. The van der Waals surface area contributed by atoms with Crippen LogP contribution in [-0.2, 0) is 20.9 Å². The summed E-state index contributed by atoms with van der Waals surface area (Å²) in [5.74, 6) is -1.73. The summed E-state index contributed by atoms with van der Waals surface area (Å²) in [5.41, 5.74) is 1.11. The van der Waals surface area contributed by atoms with E-state index in [9.17, 15) is 9.59 Å². The normalized spacial score (nSPS) is 22.1. The van der Waals surface area contributed by atoms with Crippen molar-refractivity contribution in [3.8, 4) is 17.2 Å². The van der Waals surface area contributed by atoms with E-state index in [-0.39, 0.29) is 43.0 Å². The Balaban J connectivity index is 1.18. The average Bonchev–Trinajstić information content (AvgIpc) is 3.74. The van der Waals surface area contributed by atoms with Gasteiger partial charge < -0.3 is 14.5 Å². The van der Waals surface area contributed by atoms with Crippen LogP contribution >= 0.6 is 0 Å². The molecule has 9 heteroatoms. The van der Waals surface area contributed by atoms with E-state index in [0.29, 0.717) is 41.7 Å². The number of aromatic nitrogens is 1. The Morgan fingerprint density at radius 2 is 1.86 bits per heavy atom. The Labute approximate surface area is 212 Å². The number of hydrogen-bond acceptors (Lipinski definition) is 5. The van der Waals surface area contributed by atoms with E-state index in [4.69, 9.17) is 10.00 Å². The van der Waals surface area contributed by atoms with Crippen LogP contribution in [0.2, 0.25) is 0 Å². The van der Waals surface area contributed by atoms with Crippen LogP contribution in [0.25, 0.3) is 22.0 Å². The van der Waals surface area contributed by atoms with E-state index in [2.05, 4.69) is 4.98 Å². The number of nitrogens with zero attached hydrogens (tertiary/aromatic N) is 4. The largest absolute Gasteiger partial charge is 0.363 e. The van der Waals surface area contributed by atoms with E-state index in [1.165, 1.54) is 23.2 Å². The number of fused-ring (bicyclic) bond motifs is 1. The van der Waals surface area contributed by atoms with Crippen LogP contribution in [0.15, 0.2) is 42.6 Å². The molecule has 1 aliphatic carbocycles. The Morgan fingerprint density at radius 3 is 2.57 bits per heavy atom. The van der Waals surface area contributed by atoms with E-state index in [1.54, 1.807) is 24.3 Å². The lowest BCUT2D eigenvalue weighted by molar-refractivity contribution is -0.178. The molecule has 1 unspecified atom stereocenters. The molecule has 3 aliphatic rings. The molecule has 2 saturated heterocycles. The molecule has 2 amide bonds. The topological polar surface area (TPSA) is 86.5 Å². The second kappa shape index (κ2) is 8.89. The molecule has 1 saturated carbocycles. The zero-order chi connectivity index (χ0) is 25.7. The van der Waals surface area contributed by atoms with Gasteiger partial charge in [-0.3, -0.25) is 14.6 Å². The molecule has 2 aromatic carbocycles. The molecular weight excluding hydrogens is 478 g/mol. The minimum absolute atomic E-state index is 0.0295. The molecule has 188 valence electrons. The Bertz CT molecular complexity index is 1460. The fourth-order valence-electron chi connectivity index (χ4n) is 5.30. The predicted octanol–water partition coefficient (Wildman–Crippen LogP) is 3.93. The molecule has 2 aliphatic heterocycles. The van der Waals surface area contributed by atoms with Gasteiger partial charge in [0, 0.05) is 29.7 Å². The monoisotopic (exact) mass is 502 g/mol. The summed E-state index contributed by atoms with van der Waals surface area (Å²) in [4.78, 5) is 32.7. The summed E-state index contributed by atoms with van der Waals surface area (Å²) in [7, 11) is 0. The Kier molecular flexibility index (Phi) is 5.64. The lowest BCUT2D eigenvalue weighted by Crippen LogP contribution is -2.60. The Hall–Kier alpha value is -3.90. The van der Waals surface area contributed by atoms with Crippen molar-refractivity contribution < 1.29 is 23.1 Å². The van der Waals surface area contributed by atoms with Gasteiger partial charge in [0.05, 0.1) is 36.2 Å². The lowest BCUT2D eigenvalue weighted by Gasteiger charge is -2.46. The first-order valence-electron chi connectivity index (χ1n) is 12.3. The van der Waals surface area contributed by atoms with Crippen molar-refractivity contribution in [1.29, 1.82) is 5.26 Å². The lowest BCUT2D eigenvalue weighted by atomic mass is 9.88. The van der Waals surface area contributed by atoms with Gasteiger partial charge in [-0.2, -0.15) is 5.26 Å². The highest BCUT2D eigenvalue weighted by atomic mass is 19.1. The highest BCUT2D eigenvalue weighted by molar-refractivity contribution is 5.85. The van der Waals surface area contributed by atoms with Gasteiger partial charge in [0.25, 0.3) is 0 Å². The number of carbonyl (C=O) groups excluding carboxylic acids is 2. The minimum atomic E-state index is -0.726. The zero-order valence-corrected chi connectivity index (χ0v) is 20.0. The molecule has 37 heavy (non-hydrogen) atoms. The van der Waals surface area contributed by atoms with Crippen LogP contribution in [0.1, 0.15) is 36.8 Å². The van der Waals surface area contributed by atoms with Crippen molar-refractivity contribution in [3.05, 3.63) is 65.4 Å². The minimum Gasteiger partial charge on any atom is -0.363 e. The number of carbonyl (C=O) groups is 2. The molecule has 3 fully saturated rings. The van der Waals surface area contributed by atoms with Gasteiger partial charge in [0.15, 0.2) is 0 Å². The third-order valence-electron chi connectivity index (χ3n) is 7.57. The van der Waals surface area contributed by atoms with Gasteiger partial charge in [0.2, 0.25) is 11.8 Å². The summed E-state index contributed by atoms with van der Waals surface area (Å²) in [6, 6.07) is 11.7. The summed E-state index contributed by atoms with van der Waals surface area (Å²) in [6.07, 6.45) is 4.01.